The number of allylic oxidation sites excluding steroid dienone is 8. The molecule has 0 aliphatic carbocycles. The molecule has 0 bridgehead atoms. The van der Waals surface area contributed by atoms with Crippen molar-refractivity contribution in [1.82, 2.24) is 0 Å². The van der Waals surface area contributed by atoms with Crippen LogP contribution in [0.2, 0.25) is 0 Å². The highest BCUT2D eigenvalue weighted by atomic mass is 31.2. The minimum Gasteiger partial charge on any atom is -0.462 e. The molecular weight excluding hydrogens is 741 g/mol. The van der Waals surface area contributed by atoms with E-state index in [9.17, 15) is 24.2 Å². The summed E-state index contributed by atoms with van der Waals surface area (Å²) in [5.74, 6) is -0.880. The standard InChI is InChI=1S/C46H84NO9P/c1-6-8-9-10-11-12-13-14-15-19-22-25-28-31-34-37-45(49)53-41-44(42-55-57(51,52)54-40-39-47(3,4)5)56-46(50)38-35-32-29-26-23-20-17-16-18-21-24-27-30-33-36-43(48)7-2/h17-18,20-21,26-27,29-30,43-44,48H,6-16,19,22-25,28,31-42H2,1-5H3/p+1/b20-17-,21-18-,29-26-,30-27-/t43-,44-/m1/s1. The molecule has 0 aromatic rings. The van der Waals surface area contributed by atoms with Gasteiger partial charge >= 0.3 is 19.8 Å². The summed E-state index contributed by atoms with van der Waals surface area (Å²) in [4.78, 5) is 35.3. The van der Waals surface area contributed by atoms with Gasteiger partial charge in [0, 0.05) is 12.8 Å². The molecule has 332 valence electrons. The summed E-state index contributed by atoms with van der Waals surface area (Å²) >= 11 is 0. The average Bonchev–Trinajstić information content (AvgIpc) is 3.16. The van der Waals surface area contributed by atoms with Crippen LogP contribution < -0.4 is 0 Å². The van der Waals surface area contributed by atoms with E-state index in [0.29, 0.717) is 23.9 Å². The van der Waals surface area contributed by atoms with E-state index in [1.807, 2.05) is 34.1 Å². The Balaban J connectivity index is 4.45. The van der Waals surface area contributed by atoms with Crippen LogP contribution in [0.5, 0.6) is 0 Å². The van der Waals surface area contributed by atoms with Crippen molar-refractivity contribution in [1.29, 1.82) is 0 Å². The van der Waals surface area contributed by atoms with Crippen LogP contribution in [0.4, 0.5) is 0 Å². The van der Waals surface area contributed by atoms with E-state index in [1.54, 1.807) is 0 Å². The molecule has 0 aromatic heterocycles. The molecule has 0 fully saturated rings. The molecule has 0 saturated carbocycles. The molecule has 11 heteroatoms. The second-order valence-corrected chi connectivity index (χ2v) is 17.7. The van der Waals surface area contributed by atoms with Gasteiger partial charge < -0.3 is 24.0 Å². The number of carbonyl (C=O) groups excluding carboxylic acids is 2. The number of ether oxygens (including phenoxy) is 2. The summed E-state index contributed by atoms with van der Waals surface area (Å²) in [7, 11) is 1.42. The third-order valence-electron chi connectivity index (χ3n) is 9.53. The number of esters is 2. The van der Waals surface area contributed by atoms with E-state index in [2.05, 4.69) is 49.5 Å². The Morgan fingerprint density at radius 1 is 0.614 bits per heavy atom. The molecule has 57 heavy (non-hydrogen) atoms. The van der Waals surface area contributed by atoms with Gasteiger partial charge in [-0.2, -0.15) is 0 Å². The molecule has 0 rings (SSSR count). The Labute approximate surface area is 348 Å². The van der Waals surface area contributed by atoms with Gasteiger partial charge in [-0.05, 0) is 57.8 Å². The van der Waals surface area contributed by atoms with Crippen molar-refractivity contribution in [3.8, 4) is 0 Å². The molecule has 0 saturated heterocycles. The molecule has 10 nitrogen and oxygen atoms in total. The van der Waals surface area contributed by atoms with Crippen molar-refractivity contribution in [3.63, 3.8) is 0 Å². The SMILES string of the molecule is CCCCCCCCCCCCCCCCCC(=O)OC[C@H](COP(=O)(O)OCC[N+](C)(C)C)OC(=O)CCC/C=C\C/C=C\C/C=C\C/C=C\CC[C@H](O)CC. The maximum Gasteiger partial charge on any atom is 0.472 e. The Kier molecular flexibility index (Phi) is 36.8. The Morgan fingerprint density at radius 2 is 1.09 bits per heavy atom. The average molecular weight is 827 g/mol. The Bertz CT molecular complexity index is 1130. The van der Waals surface area contributed by atoms with Gasteiger partial charge in [0.05, 0.1) is 33.9 Å². The lowest BCUT2D eigenvalue weighted by atomic mass is 10.0. The van der Waals surface area contributed by atoms with E-state index in [-0.39, 0.29) is 38.1 Å². The maximum atomic E-state index is 12.7. The molecule has 0 aliphatic heterocycles. The van der Waals surface area contributed by atoms with Gasteiger partial charge in [-0.3, -0.25) is 18.6 Å². The van der Waals surface area contributed by atoms with Crippen LogP contribution in [0.3, 0.4) is 0 Å². The quantitative estimate of drug-likeness (QED) is 0.0204. The van der Waals surface area contributed by atoms with Gasteiger partial charge in [-0.25, -0.2) is 4.57 Å². The van der Waals surface area contributed by atoms with Gasteiger partial charge in [0.25, 0.3) is 0 Å². The number of nitrogens with zero attached hydrogens (tertiary/aromatic N) is 1. The van der Waals surface area contributed by atoms with Crippen molar-refractivity contribution >= 4 is 19.8 Å². The smallest absolute Gasteiger partial charge is 0.462 e. The molecule has 1 unspecified atom stereocenters. The molecule has 0 aromatic carbocycles. The molecule has 3 atom stereocenters. The van der Waals surface area contributed by atoms with Crippen LogP contribution in [0.15, 0.2) is 48.6 Å². The Morgan fingerprint density at radius 3 is 1.60 bits per heavy atom. The predicted molar refractivity (Wildman–Crippen MR) is 235 cm³/mol. The number of likely N-dealkylation sites (N-methyl/N-ethyl adjacent to an activating group) is 1. The number of aliphatic hydroxyl groups is 1. The van der Waals surface area contributed by atoms with Crippen molar-refractivity contribution < 1.29 is 47.2 Å². The predicted octanol–water partition coefficient (Wildman–Crippen LogP) is 11.7. The highest BCUT2D eigenvalue weighted by Crippen LogP contribution is 2.43. The second-order valence-electron chi connectivity index (χ2n) is 16.2. The monoisotopic (exact) mass is 827 g/mol. The summed E-state index contributed by atoms with van der Waals surface area (Å²) in [5, 5.41) is 9.57. The number of aliphatic hydroxyl groups excluding tert-OH is 1. The summed E-state index contributed by atoms with van der Waals surface area (Å²) in [6.07, 6.45) is 41.1. The fourth-order valence-electron chi connectivity index (χ4n) is 5.81. The first-order valence-corrected chi connectivity index (χ1v) is 23.9. The summed E-state index contributed by atoms with van der Waals surface area (Å²) in [5.41, 5.74) is 0. The number of carbonyl (C=O) groups is 2. The summed E-state index contributed by atoms with van der Waals surface area (Å²) < 4.78 is 34.2. The van der Waals surface area contributed by atoms with Gasteiger partial charge in [0.2, 0.25) is 0 Å². The number of phosphoric ester groups is 1. The van der Waals surface area contributed by atoms with Gasteiger partial charge in [0.15, 0.2) is 6.10 Å². The third-order valence-corrected chi connectivity index (χ3v) is 10.5. The van der Waals surface area contributed by atoms with E-state index in [0.717, 1.165) is 57.8 Å². The second kappa shape index (κ2) is 38.2. The normalized spacial score (nSPS) is 14.6. The van der Waals surface area contributed by atoms with E-state index < -0.39 is 26.5 Å². The van der Waals surface area contributed by atoms with Crippen molar-refractivity contribution in [2.24, 2.45) is 0 Å². The molecule has 0 aliphatic rings. The fraction of sp³-hybridized carbons (Fsp3) is 0.783. The van der Waals surface area contributed by atoms with Crippen molar-refractivity contribution in [2.45, 2.75) is 187 Å². The first-order chi connectivity index (χ1) is 27.4. The third kappa shape index (κ3) is 41.9. The summed E-state index contributed by atoms with van der Waals surface area (Å²) in [6, 6.07) is 0. The first-order valence-electron chi connectivity index (χ1n) is 22.4. The lowest BCUT2D eigenvalue weighted by Gasteiger charge is -2.24. The van der Waals surface area contributed by atoms with Gasteiger partial charge in [0.1, 0.15) is 19.8 Å². The van der Waals surface area contributed by atoms with Gasteiger partial charge in [-0.1, -0.05) is 152 Å². The largest absolute Gasteiger partial charge is 0.472 e. The minimum absolute atomic E-state index is 0.0149. The molecule has 0 spiro atoms. The van der Waals surface area contributed by atoms with Gasteiger partial charge in [-0.15, -0.1) is 0 Å². The van der Waals surface area contributed by atoms with Crippen molar-refractivity contribution in [2.75, 3.05) is 47.5 Å². The number of rotatable bonds is 40. The highest BCUT2D eigenvalue weighted by molar-refractivity contribution is 7.47. The molecule has 0 radical (unpaired) electrons. The first kappa shape index (κ1) is 54.9. The number of unbranched alkanes of at least 4 members (excludes halogenated alkanes) is 15. The van der Waals surface area contributed by atoms with Crippen LogP contribution in [-0.2, 0) is 32.7 Å². The van der Waals surface area contributed by atoms with Crippen molar-refractivity contribution in [3.05, 3.63) is 48.6 Å². The summed E-state index contributed by atoms with van der Waals surface area (Å²) in [6.45, 7) is 4.07. The van der Waals surface area contributed by atoms with E-state index in [4.69, 9.17) is 18.5 Å². The molecule has 0 amide bonds. The molecular formula is C46H85NO9P+. The van der Waals surface area contributed by atoms with Crippen LogP contribution in [0.25, 0.3) is 0 Å². The number of phosphoric acid groups is 1. The van der Waals surface area contributed by atoms with Crippen LogP contribution >= 0.6 is 7.82 Å². The topological polar surface area (TPSA) is 129 Å². The lowest BCUT2D eigenvalue weighted by molar-refractivity contribution is -0.870. The maximum absolute atomic E-state index is 12.7. The van der Waals surface area contributed by atoms with E-state index in [1.165, 1.54) is 77.0 Å². The fourth-order valence-corrected chi connectivity index (χ4v) is 6.55. The minimum atomic E-state index is -4.40. The molecule has 2 N–H and O–H groups in total. The zero-order valence-corrected chi connectivity index (χ0v) is 37.8. The highest BCUT2D eigenvalue weighted by Gasteiger charge is 2.27. The van der Waals surface area contributed by atoms with Crippen LogP contribution in [0, 0.1) is 0 Å². The van der Waals surface area contributed by atoms with Crippen LogP contribution in [-0.4, -0.2) is 86.1 Å². The molecule has 0 heterocycles. The number of quaternary nitrogens is 1. The zero-order chi connectivity index (χ0) is 42.3. The van der Waals surface area contributed by atoms with Crippen LogP contribution in [0.1, 0.15) is 174 Å². The van der Waals surface area contributed by atoms with E-state index >= 15 is 0 Å². The Hall–Kier alpha value is -2.07. The number of hydrogen-bond donors (Lipinski definition) is 2. The zero-order valence-electron chi connectivity index (χ0n) is 36.9. The lowest BCUT2D eigenvalue weighted by Crippen LogP contribution is -2.37. The number of hydrogen-bond acceptors (Lipinski definition) is 8.